The molecule has 4 rings (SSSR count). The average Bonchev–Trinajstić information content (AvgIpc) is 3.36. The van der Waals surface area contributed by atoms with Crippen LogP contribution in [0, 0.1) is 6.92 Å². The Bertz CT molecular complexity index is 1090. The highest BCUT2D eigenvalue weighted by Gasteiger charge is 2.16. The summed E-state index contributed by atoms with van der Waals surface area (Å²) in [6.07, 6.45) is 0. The fourth-order valence-electron chi connectivity index (χ4n) is 2.92. The maximum Gasteiger partial charge on any atom is 0.146 e. The first-order valence-electron chi connectivity index (χ1n) is 8.95. The fraction of sp³-hybridized carbons (Fsp3) is 0.190. The van der Waals surface area contributed by atoms with Gasteiger partial charge in [0.25, 0.3) is 0 Å². The summed E-state index contributed by atoms with van der Waals surface area (Å²) >= 11 is 1.55. The van der Waals surface area contributed by atoms with Crippen molar-refractivity contribution in [2.24, 2.45) is 0 Å². The first-order chi connectivity index (χ1) is 13.7. The molecule has 0 saturated heterocycles. The molecule has 0 bridgehead atoms. The smallest absolute Gasteiger partial charge is 0.146 e. The minimum Gasteiger partial charge on any atom is -0.497 e. The topological polar surface area (TPSA) is 62.1 Å². The Morgan fingerprint density at radius 1 is 1.07 bits per heavy atom. The molecule has 0 aliphatic heterocycles. The van der Waals surface area contributed by atoms with Crippen molar-refractivity contribution in [3.63, 3.8) is 0 Å². The van der Waals surface area contributed by atoms with Crippen LogP contribution in [0.3, 0.4) is 0 Å². The molecule has 0 fully saturated rings. The van der Waals surface area contributed by atoms with Crippen molar-refractivity contribution in [3.05, 3.63) is 59.6 Å². The van der Waals surface area contributed by atoms with Crippen LogP contribution in [0.4, 0.5) is 0 Å². The number of rotatable bonds is 6. The Labute approximate surface area is 167 Å². The molecule has 0 amide bonds. The number of benzene rings is 2. The number of aromatic nitrogens is 4. The third kappa shape index (κ3) is 3.48. The second kappa shape index (κ2) is 7.82. The maximum atomic E-state index is 5.50. The van der Waals surface area contributed by atoms with Gasteiger partial charge in [-0.1, -0.05) is 17.3 Å². The highest BCUT2D eigenvalue weighted by molar-refractivity contribution is 7.13. The first kappa shape index (κ1) is 18.2. The van der Waals surface area contributed by atoms with Gasteiger partial charge in [-0.3, -0.25) is 0 Å². The van der Waals surface area contributed by atoms with E-state index in [1.54, 1.807) is 18.4 Å². The van der Waals surface area contributed by atoms with Crippen LogP contribution in [-0.2, 0) is 0 Å². The van der Waals surface area contributed by atoms with Crippen molar-refractivity contribution in [3.8, 4) is 39.1 Å². The summed E-state index contributed by atoms with van der Waals surface area (Å²) in [4.78, 5) is 4.76. The third-order valence-electron chi connectivity index (χ3n) is 4.36. The van der Waals surface area contributed by atoms with E-state index in [9.17, 15) is 0 Å². The van der Waals surface area contributed by atoms with Crippen LogP contribution in [0.2, 0.25) is 0 Å². The van der Waals surface area contributed by atoms with Crippen LogP contribution in [0.15, 0.2) is 53.9 Å². The molecule has 0 spiro atoms. The minimum atomic E-state index is 0.644. The van der Waals surface area contributed by atoms with Gasteiger partial charge in [0, 0.05) is 10.9 Å². The second-order valence-electron chi connectivity index (χ2n) is 6.13. The highest BCUT2D eigenvalue weighted by atomic mass is 32.1. The summed E-state index contributed by atoms with van der Waals surface area (Å²) in [5.74, 6) is 1.65. The maximum absolute atomic E-state index is 5.50. The summed E-state index contributed by atoms with van der Waals surface area (Å²) in [5.41, 5.74) is 4.57. The van der Waals surface area contributed by atoms with Crippen molar-refractivity contribution < 1.29 is 9.47 Å². The second-order valence-corrected chi connectivity index (χ2v) is 6.99. The van der Waals surface area contributed by atoms with Gasteiger partial charge in [-0.15, -0.1) is 16.4 Å². The van der Waals surface area contributed by atoms with Crippen LogP contribution >= 0.6 is 11.3 Å². The van der Waals surface area contributed by atoms with E-state index in [-0.39, 0.29) is 0 Å². The summed E-state index contributed by atoms with van der Waals surface area (Å²) in [5, 5.41) is 11.6. The van der Waals surface area contributed by atoms with E-state index < -0.39 is 0 Å². The monoisotopic (exact) mass is 392 g/mol. The van der Waals surface area contributed by atoms with E-state index in [0.29, 0.717) is 6.61 Å². The lowest BCUT2D eigenvalue weighted by molar-refractivity contribution is 0.340. The zero-order valence-corrected chi connectivity index (χ0v) is 16.7. The van der Waals surface area contributed by atoms with Gasteiger partial charge in [0.2, 0.25) is 0 Å². The van der Waals surface area contributed by atoms with Gasteiger partial charge in [-0.05, 0) is 50.2 Å². The zero-order chi connectivity index (χ0) is 19.5. The molecule has 0 N–H and O–H groups in total. The van der Waals surface area contributed by atoms with E-state index in [1.807, 2.05) is 72.4 Å². The number of thiazole rings is 1. The van der Waals surface area contributed by atoms with E-state index in [0.717, 1.165) is 44.8 Å². The summed E-state index contributed by atoms with van der Waals surface area (Å²) in [7, 11) is 1.66. The van der Waals surface area contributed by atoms with E-state index in [2.05, 4.69) is 10.3 Å². The van der Waals surface area contributed by atoms with Crippen molar-refractivity contribution in [2.45, 2.75) is 13.8 Å². The molecule has 2 heterocycles. The summed E-state index contributed by atoms with van der Waals surface area (Å²) in [6.45, 7) is 4.61. The fourth-order valence-corrected chi connectivity index (χ4v) is 3.78. The Morgan fingerprint density at radius 2 is 1.89 bits per heavy atom. The van der Waals surface area contributed by atoms with Crippen molar-refractivity contribution in [1.29, 1.82) is 0 Å². The van der Waals surface area contributed by atoms with Gasteiger partial charge in [0.05, 0.1) is 30.8 Å². The molecule has 7 heteroatoms. The quantitative estimate of drug-likeness (QED) is 0.473. The number of methoxy groups -OCH3 is 1. The summed E-state index contributed by atoms with van der Waals surface area (Å²) < 4.78 is 12.6. The van der Waals surface area contributed by atoms with Gasteiger partial charge in [0.15, 0.2) is 0 Å². The number of ether oxygens (including phenoxy) is 2. The normalized spacial score (nSPS) is 10.8. The van der Waals surface area contributed by atoms with Crippen LogP contribution in [-0.4, -0.2) is 33.7 Å². The molecule has 0 unspecified atom stereocenters. The van der Waals surface area contributed by atoms with Gasteiger partial charge >= 0.3 is 0 Å². The predicted molar refractivity (Wildman–Crippen MR) is 110 cm³/mol. The molecule has 2 aromatic heterocycles. The van der Waals surface area contributed by atoms with Crippen LogP contribution < -0.4 is 9.47 Å². The van der Waals surface area contributed by atoms with Gasteiger partial charge in [-0.25, -0.2) is 9.67 Å². The lowest BCUT2D eigenvalue weighted by Crippen LogP contribution is -1.99. The minimum absolute atomic E-state index is 0.644. The molecule has 6 nitrogen and oxygen atoms in total. The van der Waals surface area contributed by atoms with Crippen molar-refractivity contribution in [1.82, 2.24) is 20.0 Å². The molecular weight excluding hydrogens is 372 g/mol. The number of nitrogens with zero attached hydrogens (tertiary/aromatic N) is 4. The first-order valence-corrected chi connectivity index (χ1v) is 9.83. The average molecular weight is 392 g/mol. The van der Waals surface area contributed by atoms with E-state index in [1.165, 1.54) is 0 Å². The van der Waals surface area contributed by atoms with Crippen molar-refractivity contribution in [2.75, 3.05) is 13.7 Å². The molecule has 0 radical (unpaired) electrons. The van der Waals surface area contributed by atoms with E-state index in [4.69, 9.17) is 14.5 Å². The molecular formula is C21H20N4O2S. The Morgan fingerprint density at radius 3 is 2.64 bits per heavy atom. The molecule has 0 saturated carbocycles. The molecule has 0 aliphatic rings. The molecule has 2 aromatic carbocycles. The molecule has 0 aliphatic carbocycles. The molecule has 28 heavy (non-hydrogen) atoms. The predicted octanol–water partition coefficient (Wildman–Crippen LogP) is 4.77. The molecule has 0 atom stereocenters. The van der Waals surface area contributed by atoms with Crippen LogP contribution in [0.1, 0.15) is 12.6 Å². The van der Waals surface area contributed by atoms with Gasteiger partial charge < -0.3 is 9.47 Å². The SMILES string of the molecule is CCOc1ccc(-n2nnc(-c3nc(-c4cccc(OC)c4)cs3)c2C)cc1. The van der Waals surface area contributed by atoms with Crippen LogP contribution in [0.25, 0.3) is 27.6 Å². The molecule has 4 aromatic rings. The van der Waals surface area contributed by atoms with Gasteiger partial charge in [-0.2, -0.15) is 0 Å². The molecule has 142 valence electrons. The number of hydrogen-bond acceptors (Lipinski definition) is 6. The lowest BCUT2D eigenvalue weighted by Gasteiger charge is -2.06. The highest BCUT2D eigenvalue weighted by Crippen LogP contribution is 2.31. The third-order valence-corrected chi connectivity index (χ3v) is 5.21. The largest absolute Gasteiger partial charge is 0.497 e. The standard InChI is InChI=1S/C21H20N4O2S/c1-4-27-17-10-8-16(9-11-17)25-14(2)20(23-24-25)21-22-19(13-28-21)15-6-5-7-18(12-15)26-3/h5-13H,4H2,1-3H3. The van der Waals surface area contributed by atoms with Gasteiger partial charge in [0.1, 0.15) is 22.2 Å². The van der Waals surface area contributed by atoms with Crippen LogP contribution in [0.5, 0.6) is 11.5 Å². The number of hydrogen-bond donors (Lipinski definition) is 0. The Hall–Kier alpha value is -3.19. The summed E-state index contributed by atoms with van der Waals surface area (Å²) in [6, 6.07) is 15.7. The lowest BCUT2D eigenvalue weighted by atomic mass is 10.1. The Kier molecular flexibility index (Phi) is 5.08. The van der Waals surface area contributed by atoms with Crippen molar-refractivity contribution >= 4 is 11.3 Å². The van der Waals surface area contributed by atoms with E-state index >= 15 is 0 Å². The zero-order valence-electron chi connectivity index (χ0n) is 15.9. The Balaban J connectivity index is 1.63.